The lowest BCUT2D eigenvalue weighted by atomic mass is 10.1. The highest BCUT2D eigenvalue weighted by Crippen LogP contribution is 2.27. The molecule has 0 unspecified atom stereocenters. The predicted octanol–water partition coefficient (Wildman–Crippen LogP) is 2.62. The van der Waals surface area contributed by atoms with Crippen molar-refractivity contribution in [1.82, 2.24) is 5.32 Å². The Morgan fingerprint density at radius 3 is 2.41 bits per heavy atom. The summed E-state index contributed by atoms with van der Waals surface area (Å²) in [5.74, 6) is -0.872. The number of anilines is 2. The second-order valence-corrected chi connectivity index (χ2v) is 9.86. The highest BCUT2D eigenvalue weighted by atomic mass is 32.2. The zero-order chi connectivity index (χ0) is 23.3. The number of sulfonamides is 1. The molecule has 0 aromatic heterocycles. The average molecular weight is 460 g/mol. The Labute approximate surface area is 189 Å². The van der Waals surface area contributed by atoms with E-state index in [2.05, 4.69) is 10.6 Å². The van der Waals surface area contributed by atoms with Crippen LogP contribution in [0.15, 0.2) is 42.5 Å². The molecule has 0 aliphatic carbocycles. The lowest BCUT2D eigenvalue weighted by Gasteiger charge is -2.25. The smallest absolute Gasteiger partial charge is 0.253 e. The molecule has 2 N–H and O–H groups in total. The molecule has 3 rings (SSSR count). The van der Waals surface area contributed by atoms with Crippen LogP contribution in [-0.2, 0) is 19.6 Å². The number of nitrogens with zero attached hydrogens (tertiary/aromatic N) is 1. The second-order valence-electron chi connectivity index (χ2n) is 7.95. The predicted molar refractivity (Wildman–Crippen MR) is 124 cm³/mol. The fraction of sp³-hybridized carbons (Fsp3) is 0.391. The number of hydrogen-bond donors (Lipinski definition) is 2. The van der Waals surface area contributed by atoms with Gasteiger partial charge in [0.25, 0.3) is 5.91 Å². The van der Waals surface area contributed by atoms with Gasteiger partial charge < -0.3 is 15.4 Å². The number of benzene rings is 2. The number of amides is 2. The third kappa shape index (κ3) is 5.86. The van der Waals surface area contributed by atoms with Crippen molar-refractivity contribution < 1.29 is 22.7 Å². The van der Waals surface area contributed by atoms with E-state index in [1.165, 1.54) is 0 Å². The van der Waals surface area contributed by atoms with Crippen molar-refractivity contribution in [2.24, 2.45) is 0 Å². The molecule has 2 aromatic rings. The Balaban J connectivity index is 1.75. The molecule has 1 heterocycles. The number of carbonyl (C=O) groups is 2. The van der Waals surface area contributed by atoms with E-state index in [0.717, 1.165) is 34.5 Å². The maximum Gasteiger partial charge on any atom is 0.253 e. The number of carbonyl (C=O) groups excluding carboxylic acids is 2. The van der Waals surface area contributed by atoms with E-state index in [-0.39, 0.29) is 12.0 Å². The molecule has 8 nitrogen and oxygen atoms in total. The monoisotopic (exact) mass is 459 g/mol. The Hall–Kier alpha value is -2.91. The van der Waals surface area contributed by atoms with Gasteiger partial charge in [-0.25, -0.2) is 8.42 Å². The minimum atomic E-state index is -3.72. The number of ether oxygens (including phenoxy) is 1. The topological polar surface area (TPSA) is 105 Å². The van der Waals surface area contributed by atoms with E-state index < -0.39 is 22.5 Å². The normalized spacial score (nSPS) is 15.9. The van der Waals surface area contributed by atoms with Gasteiger partial charge in [-0.3, -0.25) is 13.9 Å². The maximum absolute atomic E-state index is 12.8. The van der Waals surface area contributed by atoms with E-state index in [1.54, 1.807) is 50.2 Å². The molecule has 1 aliphatic rings. The number of para-hydroxylation sites is 2. The van der Waals surface area contributed by atoms with Gasteiger partial charge in [-0.15, -0.1) is 0 Å². The van der Waals surface area contributed by atoms with Crippen molar-refractivity contribution >= 4 is 33.2 Å². The number of nitrogens with one attached hydrogen (secondary N) is 2. The summed E-state index contributed by atoms with van der Waals surface area (Å²) in [6.07, 6.45) is 2.95. The highest BCUT2D eigenvalue weighted by Gasteiger charge is 2.25. The molecule has 9 heteroatoms. The van der Waals surface area contributed by atoms with Gasteiger partial charge >= 0.3 is 0 Å². The molecule has 0 spiro atoms. The van der Waals surface area contributed by atoms with E-state index >= 15 is 0 Å². The van der Waals surface area contributed by atoms with Crippen LogP contribution in [0, 0.1) is 13.8 Å². The van der Waals surface area contributed by atoms with Crippen molar-refractivity contribution in [3.63, 3.8) is 0 Å². The highest BCUT2D eigenvalue weighted by molar-refractivity contribution is 7.92. The summed E-state index contributed by atoms with van der Waals surface area (Å²) in [4.78, 5) is 25.5. The Morgan fingerprint density at radius 1 is 1.09 bits per heavy atom. The molecule has 1 atom stereocenters. The van der Waals surface area contributed by atoms with Crippen LogP contribution in [0.1, 0.15) is 34.3 Å². The van der Waals surface area contributed by atoms with E-state index in [1.807, 2.05) is 6.07 Å². The second kappa shape index (κ2) is 10.1. The van der Waals surface area contributed by atoms with Crippen LogP contribution in [0.25, 0.3) is 0 Å². The molecular formula is C23H29N3O5S. The van der Waals surface area contributed by atoms with Crippen LogP contribution in [-0.4, -0.2) is 52.3 Å². The maximum atomic E-state index is 12.8. The molecule has 2 aromatic carbocycles. The van der Waals surface area contributed by atoms with Crippen LogP contribution in [0.4, 0.5) is 11.4 Å². The summed E-state index contributed by atoms with van der Waals surface area (Å²) in [6, 6.07) is 12.1. The lowest BCUT2D eigenvalue weighted by Crippen LogP contribution is -2.38. The van der Waals surface area contributed by atoms with Gasteiger partial charge in [0.2, 0.25) is 15.9 Å². The summed E-state index contributed by atoms with van der Waals surface area (Å²) in [5, 5.41) is 5.53. The van der Waals surface area contributed by atoms with Crippen LogP contribution < -0.4 is 14.9 Å². The van der Waals surface area contributed by atoms with Crippen molar-refractivity contribution in [3.8, 4) is 0 Å². The SMILES string of the molecule is Cc1cccc(C)c1N(CC(=O)Nc1ccccc1C(=O)NC[C@@H]1CCCO1)S(C)(=O)=O. The third-order valence-electron chi connectivity index (χ3n) is 5.34. The minimum absolute atomic E-state index is 0.00127. The van der Waals surface area contributed by atoms with Gasteiger partial charge in [0.05, 0.1) is 29.3 Å². The van der Waals surface area contributed by atoms with Crippen LogP contribution >= 0.6 is 0 Å². The molecule has 1 aliphatic heterocycles. The summed E-state index contributed by atoms with van der Waals surface area (Å²) >= 11 is 0. The lowest BCUT2D eigenvalue weighted by molar-refractivity contribution is -0.114. The molecule has 0 radical (unpaired) electrons. The van der Waals surface area contributed by atoms with Crippen molar-refractivity contribution in [2.45, 2.75) is 32.8 Å². The van der Waals surface area contributed by atoms with Gasteiger partial charge in [-0.2, -0.15) is 0 Å². The van der Waals surface area contributed by atoms with Crippen LogP contribution in [0.2, 0.25) is 0 Å². The average Bonchev–Trinajstić information content (AvgIpc) is 3.24. The fourth-order valence-electron chi connectivity index (χ4n) is 3.78. The fourth-order valence-corrected chi connectivity index (χ4v) is 4.75. The quantitative estimate of drug-likeness (QED) is 0.631. The Kier molecular flexibility index (Phi) is 7.52. The van der Waals surface area contributed by atoms with Gasteiger partial charge in [-0.1, -0.05) is 30.3 Å². The Morgan fingerprint density at radius 2 is 1.78 bits per heavy atom. The largest absolute Gasteiger partial charge is 0.376 e. The molecule has 0 saturated carbocycles. The molecule has 32 heavy (non-hydrogen) atoms. The standard InChI is InChI=1S/C23H29N3O5S/c1-16-8-6-9-17(2)22(16)26(32(3,29)30)15-21(27)25-20-12-5-4-11-19(20)23(28)24-14-18-10-7-13-31-18/h4-6,8-9,11-12,18H,7,10,13-15H2,1-3H3,(H,24,28)(H,25,27)/t18-/m0/s1. The first-order chi connectivity index (χ1) is 15.2. The number of hydrogen-bond acceptors (Lipinski definition) is 5. The van der Waals surface area contributed by atoms with Crippen molar-refractivity contribution in [1.29, 1.82) is 0 Å². The number of aryl methyl sites for hydroxylation is 2. The zero-order valence-electron chi connectivity index (χ0n) is 18.6. The van der Waals surface area contributed by atoms with Gasteiger partial charge in [0, 0.05) is 13.2 Å². The summed E-state index contributed by atoms with van der Waals surface area (Å²) in [5.41, 5.74) is 2.59. The summed E-state index contributed by atoms with van der Waals surface area (Å²) < 4.78 is 31.6. The third-order valence-corrected chi connectivity index (χ3v) is 6.45. The van der Waals surface area contributed by atoms with E-state index in [9.17, 15) is 18.0 Å². The van der Waals surface area contributed by atoms with Gasteiger partial charge in [0.15, 0.2) is 0 Å². The van der Waals surface area contributed by atoms with Crippen LogP contribution in [0.5, 0.6) is 0 Å². The molecular weight excluding hydrogens is 430 g/mol. The minimum Gasteiger partial charge on any atom is -0.376 e. The molecule has 2 amide bonds. The zero-order valence-corrected chi connectivity index (χ0v) is 19.4. The number of rotatable bonds is 8. The van der Waals surface area contributed by atoms with Crippen LogP contribution in [0.3, 0.4) is 0 Å². The van der Waals surface area contributed by atoms with Gasteiger partial charge in [0.1, 0.15) is 6.54 Å². The van der Waals surface area contributed by atoms with Crippen molar-refractivity contribution in [2.75, 3.05) is 35.6 Å². The van der Waals surface area contributed by atoms with Crippen molar-refractivity contribution in [3.05, 3.63) is 59.2 Å². The molecule has 1 fully saturated rings. The molecule has 172 valence electrons. The Bertz CT molecular complexity index is 1070. The first-order valence-corrected chi connectivity index (χ1v) is 12.3. The first-order valence-electron chi connectivity index (χ1n) is 10.5. The molecule has 0 bridgehead atoms. The molecule has 1 saturated heterocycles. The van der Waals surface area contributed by atoms with E-state index in [0.29, 0.717) is 30.1 Å². The first kappa shape index (κ1) is 23.7. The van der Waals surface area contributed by atoms with E-state index in [4.69, 9.17) is 4.74 Å². The summed E-state index contributed by atoms with van der Waals surface area (Å²) in [6.45, 7) is 4.29. The summed E-state index contributed by atoms with van der Waals surface area (Å²) in [7, 11) is -3.72. The van der Waals surface area contributed by atoms with Gasteiger partial charge in [-0.05, 0) is 49.9 Å².